The maximum absolute atomic E-state index is 13.3. The van der Waals surface area contributed by atoms with E-state index < -0.39 is 11.7 Å². The molecule has 3 nitrogen and oxygen atoms in total. The number of benzene rings is 3. The molecule has 36 heavy (non-hydrogen) atoms. The number of ether oxygens (including phenoxy) is 1. The van der Waals surface area contributed by atoms with Gasteiger partial charge in [-0.05, 0) is 73.0 Å². The molecule has 0 saturated carbocycles. The van der Waals surface area contributed by atoms with Gasteiger partial charge in [0.05, 0.1) is 5.56 Å². The van der Waals surface area contributed by atoms with Gasteiger partial charge >= 0.3 is 6.18 Å². The van der Waals surface area contributed by atoms with Crippen molar-refractivity contribution in [2.45, 2.75) is 60.7 Å². The Labute approximate surface area is 211 Å². The Morgan fingerprint density at radius 3 is 2.25 bits per heavy atom. The Hall–Kier alpha value is -3.00. The van der Waals surface area contributed by atoms with E-state index in [2.05, 4.69) is 0 Å². The Morgan fingerprint density at radius 1 is 0.944 bits per heavy atom. The highest BCUT2D eigenvalue weighted by molar-refractivity contribution is 7.98. The van der Waals surface area contributed by atoms with Crippen LogP contribution in [0.1, 0.15) is 47.2 Å². The SMILES string of the molecule is O=C(c1ccc(CSc2ccc(F)cc2)cc1)N1C2CCC1CC(Oc1cccc(C(F)(F)F)c1)C2. The number of carbonyl (C=O) groups excluding carboxylic acids is 1. The Balaban J connectivity index is 1.19. The van der Waals surface area contributed by atoms with Crippen molar-refractivity contribution in [2.75, 3.05) is 0 Å². The second kappa shape index (κ2) is 10.2. The van der Waals surface area contributed by atoms with Crippen molar-refractivity contribution in [1.82, 2.24) is 4.90 Å². The topological polar surface area (TPSA) is 29.5 Å². The predicted molar refractivity (Wildman–Crippen MR) is 130 cm³/mol. The van der Waals surface area contributed by atoms with Gasteiger partial charge < -0.3 is 9.64 Å². The summed E-state index contributed by atoms with van der Waals surface area (Å²) in [6.07, 6.45) is -1.70. The van der Waals surface area contributed by atoms with Crippen LogP contribution in [0.2, 0.25) is 0 Å². The number of nitrogens with zero attached hydrogens (tertiary/aromatic N) is 1. The van der Waals surface area contributed by atoms with Crippen LogP contribution in [0, 0.1) is 5.82 Å². The summed E-state index contributed by atoms with van der Waals surface area (Å²) in [5, 5.41) is 0. The molecule has 2 bridgehead atoms. The fourth-order valence-corrected chi connectivity index (χ4v) is 5.94. The van der Waals surface area contributed by atoms with Crippen LogP contribution in [0.5, 0.6) is 5.75 Å². The van der Waals surface area contributed by atoms with Gasteiger partial charge in [-0.2, -0.15) is 13.2 Å². The molecule has 0 aliphatic carbocycles. The van der Waals surface area contributed by atoms with Crippen molar-refractivity contribution in [2.24, 2.45) is 0 Å². The summed E-state index contributed by atoms with van der Waals surface area (Å²) in [6, 6.07) is 18.9. The number of amides is 1. The highest BCUT2D eigenvalue weighted by Crippen LogP contribution is 2.39. The molecule has 5 rings (SSSR count). The number of piperidine rings is 1. The third-order valence-corrected chi connectivity index (χ3v) is 7.89. The van der Waals surface area contributed by atoms with Gasteiger partial charge in [0.2, 0.25) is 0 Å². The molecule has 2 aliphatic heterocycles. The van der Waals surface area contributed by atoms with Crippen molar-refractivity contribution >= 4 is 17.7 Å². The number of halogens is 4. The van der Waals surface area contributed by atoms with E-state index in [0.29, 0.717) is 24.2 Å². The van der Waals surface area contributed by atoms with Gasteiger partial charge in [0.15, 0.2) is 0 Å². The molecule has 0 aromatic heterocycles. The number of alkyl halides is 3. The number of rotatable bonds is 6. The highest BCUT2D eigenvalue weighted by Gasteiger charge is 2.44. The van der Waals surface area contributed by atoms with Gasteiger partial charge in [0, 0.05) is 41.1 Å². The summed E-state index contributed by atoms with van der Waals surface area (Å²) in [7, 11) is 0. The summed E-state index contributed by atoms with van der Waals surface area (Å²) in [5.74, 6) is 0.646. The highest BCUT2D eigenvalue weighted by atomic mass is 32.2. The lowest BCUT2D eigenvalue weighted by molar-refractivity contribution is -0.137. The lowest BCUT2D eigenvalue weighted by atomic mass is 9.98. The van der Waals surface area contributed by atoms with Crippen LogP contribution in [0.25, 0.3) is 0 Å². The van der Waals surface area contributed by atoms with Crippen LogP contribution >= 0.6 is 11.8 Å². The van der Waals surface area contributed by atoms with Crippen LogP contribution in [0.4, 0.5) is 17.6 Å². The molecule has 2 fully saturated rings. The molecule has 2 aliphatic rings. The van der Waals surface area contributed by atoms with E-state index >= 15 is 0 Å². The molecular weight excluding hydrogens is 490 g/mol. The zero-order chi connectivity index (χ0) is 25.3. The van der Waals surface area contributed by atoms with Crippen molar-refractivity contribution in [3.05, 3.63) is 95.3 Å². The normalized spacial score (nSPS) is 21.4. The monoisotopic (exact) mass is 515 g/mol. The molecule has 8 heteroatoms. The molecule has 2 atom stereocenters. The molecule has 3 aromatic rings. The second-order valence-corrected chi connectivity index (χ2v) is 10.3. The molecule has 2 saturated heterocycles. The summed E-state index contributed by atoms with van der Waals surface area (Å²) in [6.45, 7) is 0. The van der Waals surface area contributed by atoms with Gasteiger partial charge in [-0.15, -0.1) is 11.8 Å². The standard InChI is InChI=1S/C28H25F4NO2S/c29-21-8-12-26(13-9-21)36-17-18-4-6-19(7-5-18)27(34)33-22-10-11-23(33)16-25(15-22)35-24-3-1-2-20(14-24)28(30,31)32/h1-9,12-14,22-23,25H,10-11,15-17H2. The fraction of sp³-hybridized carbons (Fsp3) is 0.321. The molecular formula is C28H25F4NO2S. The smallest absolute Gasteiger partial charge is 0.416 e. The summed E-state index contributed by atoms with van der Waals surface area (Å²) >= 11 is 1.60. The minimum Gasteiger partial charge on any atom is -0.490 e. The zero-order valence-electron chi connectivity index (χ0n) is 19.4. The first-order valence-electron chi connectivity index (χ1n) is 11.9. The van der Waals surface area contributed by atoms with Crippen LogP contribution in [-0.4, -0.2) is 29.0 Å². The van der Waals surface area contributed by atoms with Gasteiger partial charge in [-0.3, -0.25) is 4.79 Å². The van der Waals surface area contributed by atoms with Crippen molar-refractivity contribution in [1.29, 1.82) is 0 Å². The van der Waals surface area contributed by atoms with Gasteiger partial charge in [-0.1, -0.05) is 18.2 Å². The Morgan fingerprint density at radius 2 is 1.61 bits per heavy atom. The number of hydrogen-bond donors (Lipinski definition) is 0. The molecule has 0 spiro atoms. The molecule has 2 unspecified atom stereocenters. The quantitative estimate of drug-likeness (QED) is 0.254. The van der Waals surface area contributed by atoms with Crippen LogP contribution < -0.4 is 4.74 Å². The first-order valence-corrected chi connectivity index (χ1v) is 12.9. The third kappa shape index (κ3) is 5.53. The lowest BCUT2D eigenvalue weighted by Gasteiger charge is -2.39. The van der Waals surface area contributed by atoms with E-state index in [4.69, 9.17) is 4.74 Å². The maximum Gasteiger partial charge on any atom is 0.416 e. The fourth-order valence-electron chi connectivity index (χ4n) is 5.08. The van der Waals surface area contributed by atoms with Gasteiger partial charge in [0.25, 0.3) is 5.91 Å². The summed E-state index contributed by atoms with van der Waals surface area (Å²) in [4.78, 5) is 16.2. The van der Waals surface area contributed by atoms with Crippen molar-refractivity contribution in [3.63, 3.8) is 0 Å². The van der Waals surface area contributed by atoms with E-state index in [0.717, 1.165) is 35.4 Å². The van der Waals surface area contributed by atoms with E-state index in [1.54, 1.807) is 30.0 Å². The van der Waals surface area contributed by atoms with Crippen LogP contribution in [0.15, 0.2) is 77.7 Å². The zero-order valence-corrected chi connectivity index (χ0v) is 20.2. The van der Waals surface area contributed by atoms with E-state index in [1.165, 1.54) is 18.2 Å². The van der Waals surface area contributed by atoms with E-state index in [1.807, 2.05) is 29.2 Å². The summed E-state index contributed by atoms with van der Waals surface area (Å²) in [5.41, 5.74) is 0.965. The molecule has 0 radical (unpaired) electrons. The van der Waals surface area contributed by atoms with Crippen molar-refractivity contribution in [3.8, 4) is 5.75 Å². The number of carbonyl (C=O) groups is 1. The van der Waals surface area contributed by atoms with E-state index in [9.17, 15) is 22.4 Å². The van der Waals surface area contributed by atoms with Gasteiger partial charge in [0.1, 0.15) is 17.7 Å². The van der Waals surface area contributed by atoms with E-state index in [-0.39, 0.29) is 35.7 Å². The third-order valence-electron chi connectivity index (χ3n) is 6.81. The lowest BCUT2D eigenvalue weighted by Crippen LogP contribution is -2.49. The average Bonchev–Trinajstić information content (AvgIpc) is 3.13. The molecule has 1 amide bonds. The largest absolute Gasteiger partial charge is 0.490 e. The number of hydrogen-bond acceptors (Lipinski definition) is 3. The minimum absolute atomic E-state index is 0.0146. The molecule has 188 valence electrons. The number of thioether (sulfide) groups is 1. The first kappa shape index (κ1) is 24.7. The predicted octanol–water partition coefficient (Wildman–Crippen LogP) is 7.35. The van der Waals surface area contributed by atoms with Gasteiger partial charge in [-0.25, -0.2) is 4.39 Å². The average molecular weight is 516 g/mol. The maximum atomic E-state index is 13.3. The molecule has 0 N–H and O–H groups in total. The molecule has 2 heterocycles. The first-order chi connectivity index (χ1) is 17.3. The van der Waals surface area contributed by atoms with Crippen LogP contribution in [0.3, 0.4) is 0 Å². The van der Waals surface area contributed by atoms with Crippen LogP contribution in [-0.2, 0) is 11.9 Å². The summed E-state index contributed by atoms with van der Waals surface area (Å²) < 4.78 is 58.1. The Bertz CT molecular complexity index is 1200. The second-order valence-electron chi connectivity index (χ2n) is 9.27. The van der Waals surface area contributed by atoms with Crippen molar-refractivity contribution < 1.29 is 27.1 Å². The minimum atomic E-state index is -4.41. The number of fused-ring (bicyclic) bond motifs is 2. The Kier molecular flexibility index (Phi) is 6.97. The molecule has 3 aromatic carbocycles.